The number of hydrogen-bond donors (Lipinski definition) is 0. The van der Waals surface area contributed by atoms with Crippen molar-refractivity contribution in [2.75, 3.05) is 0 Å². The van der Waals surface area contributed by atoms with Crippen LogP contribution in [0, 0.1) is 5.92 Å². The summed E-state index contributed by atoms with van der Waals surface area (Å²) in [5.74, 6) is -0.314. The second-order valence-corrected chi connectivity index (χ2v) is 3.92. The van der Waals surface area contributed by atoms with Crippen molar-refractivity contribution in [3.63, 3.8) is 0 Å². The quantitative estimate of drug-likeness (QED) is 0.639. The molecule has 4 heteroatoms. The molecule has 0 aliphatic carbocycles. The van der Waals surface area contributed by atoms with E-state index >= 15 is 0 Å². The molecule has 0 saturated heterocycles. The summed E-state index contributed by atoms with van der Waals surface area (Å²) in [7, 11) is 5.17. The van der Waals surface area contributed by atoms with Gasteiger partial charge in [-0.05, 0) is 19.4 Å². The van der Waals surface area contributed by atoms with Crippen molar-refractivity contribution in [2.45, 2.75) is 26.3 Å². The average Bonchev–Trinajstić information content (AvgIpc) is 2.45. The molecule has 1 heterocycles. The Labute approximate surface area is 91.2 Å². The smallest absolute Gasteiger partial charge is 0.251 e. The number of hydrogen-bond acceptors (Lipinski definition) is 2. The van der Waals surface area contributed by atoms with Gasteiger partial charge in [0.2, 0.25) is 0 Å². The summed E-state index contributed by atoms with van der Waals surface area (Å²) in [6.45, 7) is 7.41. The molecular weight excluding hydrogens is 189 g/mol. The van der Waals surface area contributed by atoms with Crippen LogP contribution < -0.4 is 0 Å². The van der Waals surface area contributed by atoms with Crippen LogP contribution in [0.1, 0.15) is 20.3 Å². The highest BCUT2D eigenvalue weighted by Gasteiger charge is 2.26. The molecule has 0 aromatic rings. The van der Waals surface area contributed by atoms with Crippen LogP contribution in [0.25, 0.3) is 0 Å². The van der Waals surface area contributed by atoms with Crippen LogP contribution in [0.2, 0.25) is 0 Å². The molecule has 0 spiro atoms. The van der Waals surface area contributed by atoms with E-state index in [9.17, 15) is 9.59 Å². The first-order valence-corrected chi connectivity index (χ1v) is 4.93. The molecule has 0 N–H and O–H groups in total. The van der Waals surface area contributed by atoms with Crippen molar-refractivity contribution >= 4 is 19.4 Å². The molecule has 15 heavy (non-hydrogen) atoms. The van der Waals surface area contributed by atoms with Gasteiger partial charge in [0, 0.05) is 23.7 Å². The van der Waals surface area contributed by atoms with Crippen molar-refractivity contribution in [3.05, 3.63) is 24.4 Å². The Morgan fingerprint density at radius 1 is 1.53 bits per heavy atom. The van der Waals surface area contributed by atoms with E-state index in [1.165, 1.54) is 6.08 Å². The van der Waals surface area contributed by atoms with Crippen molar-refractivity contribution in [1.29, 1.82) is 0 Å². The lowest BCUT2D eigenvalue weighted by atomic mass is 9.86. The molecule has 1 rings (SSSR count). The van der Waals surface area contributed by atoms with Crippen molar-refractivity contribution < 1.29 is 9.59 Å². The van der Waals surface area contributed by atoms with Gasteiger partial charge in [0.1, 0.15) is 0 Å². The van der Waals surface area contributed by atoms with E-state index in [1.807, 2.05) is 6.92 Å². The molecule has 0 saturated carbocycles. The third-order valence-corrected chi connectivity index (χ3v) is 2.59. The summed E-state index contributed by atoms with van der Waals surface area (Å²) in [5, 5.41) is 0. The number of amides is 1. The molecule has 0 aromatic heterocycles. The van der Waals surface area contributed by atoms with E-state index in [1.54, 1.807) is 17.9 Å². The Morgan fingerprint density at radius 3 is 2.53 bits per heavy atom. The Morgan fingerprint density at radius 2 is 2.13 bits per heavy atom. The largest absolute Gasteiger partial charge is 0.312 e. The lowest BCUT2D eigenvalue weighted by Gasteiger charge is -2.27. The fourth-order valence-corrected chi connectivity index (χ4v) is 1.70. The number of carbonyl (C=O) groups excluding carboxylic acids is 2. The number of allylic oxidation sites excluding steroid dienone is 1. The first-order chi connectivity index (χ1) is 6.93. The van der Waals surface area contributed by atoms with E-state index in [-0.39, 0.29) is 23.5 Å². The van der Waals surface area contributed by atoms with E-state index in [0.717, 1.165) is 0 Å². The first-order valence-electron chi connectivity index (χ1n) is 4.93. The van der Waals surface area contributed by atoms with Crippen LogP contribution in [0.15, 0.2) is 24.4 Å². The predicted octanol–water partition coefficient (Wildman–Crippen LogP) is 1.01. The molecule has 1 aliphatic heterocycles. The lowest BCUT2D eigenvalue weighted by Crippen LogP contribution is -2.35. The second kappa shape index (κ2) is 4.47. The Bertz CT molecular complexity index is 317. The zero-order chi connectivity index (χ0) is 11.6. The highest BCUT2D eigenvalue weighted by atomic mass is 16.2. The van der Waals surface area contributed by atoms with Crippen molar-refractivity contribution in [3.8, 4) is 0 Å². The van der Waals surface area contributed by atoms with Crippen LogP contribution in [0.4, 0.5) is 0 Å². The zero-order valence-electron chi connectivity index (χ0n) is 9.06. The van der Waals surface area contributed by atoms with Gasteiger partial charge in [-0.2, -0.15) is 0 Å². The van der Waals surface area contributed by atoms with Gasteiger partial charge in [0.25, 0.3) is 5.91 Å². The summed E-state index contributed by atoms with van der Waals surface area (Å²) >= 11 is 0. The lowest BCUT2D eigenvalue weighted by molar-refractivity contribution is -0.125. The van der Waals surface area contributed by atoms with Crippen molar-refractivity contribution in [1.82, 2.24) is 4.90 Å². The normalized spacial score (nSPS) is 19.5. The number of rotatable bonds is 4. The van der Waals surface area contributed by atoms with Crippen LogP contribution in [-0.4, -0.2) is 30.4 Å². The third kappa shape index (κ3) is 2.58. The highest BCUT2D eigenvalue weighted by Crippen LogP contribution is 2.21. The van der Waals surface area contributed by atoms with Gasteiger partial charge in [0.15, 0.2) is 7.85 Å². The second-order valence-electron chi connectivity index (χ2n) is 3.92. The Kier molecular flexibility index (Phi) is 3.50. The SMILES string of the molecule is [B]C(=O)C(C)CC(C)N1C(=C)C=CC1=O. The number of nitrogens with zero attached hydrogens (tertiary/aromatic N) is 1. The summed E-state index contributed by atoms with van der Waals surface area (Å²) in [5.41, 5.74) is 0.330. The van der Waals surface area contributed by atoms with Gasteiger partial charge >= 0.3 is 0 Å². The summed E-state index contributed by atoms with van der Waals surface area (Å²) in [4.78, 5) is 23.9. The van der Waals surface area contributed by atoms with Gasteiger partial charge in [-0.15, -0.1) is 0 Å². The van der Waals surface area contributed by atoms with Gasteiger partial charge in [-0.25, -0.2) is 0 Å². The van der Waals surface area contributed by atoms with Crippen LogP contribution in [-0.2, 0) is 9.59 Å². The van der Waals surface area contributed by atoms with E-state index in [0.29, 0.717) is 12.1 Å². The van der Waals surface area contributed by atoms with Crippen LogP contribution in [0.5, 0.6) is 0 Å². The molecule has 1 amide bonds. The topological polar surface area (TPSA) is 37.4 Å². The van der Waals surface area contributed by atoms with E-state index in [4.69, 9.17) is 7.85 Å². The monoisotopic (exact) mass is 203 g/mol. The van der Waals surface area contributed by atoms with Gasteiger partial charge in [-0.1, -0.05) is 13.5 Å². The Hall–Kier alpha value is -1.32. The average molecular weight is 203 g/mol. The molecule has 3 nitrogen and oxygen atoms in total. The molecule has 2 radical (unpaired) electrons. The van der Waals surface area contributed by atoms with E-state index in [2.05, 4.69) is 6.58 Å². The number of carbonyl (C=O) groups is 2. The minimum atomic E-state index is -0.341. The van der Waals surface area contributed by atoms with Gasteiger partial charge in [0.05, 0.1) is 5.68 Å². The van der Waals surface area contributed by atoms with Gasteiger partial charge in [-0.3, -0.25) is 4.79 Å². The summed E-state index contributed by atoms with van der Waals surface area (Å²) in [6, 6.07) is -0.0532. The first kappa shape index (κ1) is 11.8. The predicted molar refractivity (Wildman–Crippen MR) is 59.1 cm³/mol. The van der Waals surface area contributed by atoms with Crippen LogP contribution in [0.3, 0.4) is 0 Å². The summed E-state index contributed by atoms with van der Waals surface area (Å²) < 4.78 is 0. The van der Waals surface area contributed by atoms with E-state index < -0.39 is 0 Å². The minimum absolute atomic E-state index is 0.0532. The molecule has 0 bridgehead atoms. The zero-order valence-corrected chi connectivity index (χ0v) is 9.06. The maximum absolute atomic E-state index is 11.4. The fraction of sp³-hybridized carbons (Fsp3) is 0.455. The fourth-order valence-electron chi connectivity index (χ4n) is 1.70. The minimum Gasteiger partial charge on any atom is -0.312 e. The maximum Gasteiger partial charge on any atom is 0.251 e. The maximum atomic E-state index is 11.4. The molecule has 0 fully saturated rings. The molecule has 78 valence electrons. The highest BCUT2D eigenvalue weighted by molar-refractivity contribution is 6.58. The summed E-state index contributed by atoms with van der Waals surface area (Å²) in [6.07, 6.45) is 3.71. The molecule has 2 unspecified atom stereocenters. The molecule has 0 aromatic carbocycles. The van der Waals surface area contributed by atoms with Gasteiger partial charge < -0.3 is 9.69 Å². The standard InChI is InChI=1S/C11H14BNO2/c1-7(11(12)15)6-9(3)13-8(2)4-5-10(13)14/h4-5,7,9H,2,6H2,1,3H3. The Balaban J connectivity index is 2.62. The third-order valence-electron chi connectivity index (χ3n) is 2.59. The molecule has 1 aliphatic rings. The van der Waals surface area contributed by atoms with Crippen molar-refractivity contribution in [2.24, 2.45) is 5.92 Å². The molecular formula is C11H14BNO2. The van der Waals surface area contributed by atoms with Crippen LogP contribution >= 0.6 is 0 Å². The molecule has 2 atom stereocenters.